The zero-order chi connectivity index (χ0) is 12.3. The van der Waals surface area contributed by atoms with E-state index in [1.54, 1.807) is 0 Å². The van der Waals surface area contributed by atoms with E-state index in [4.69, 9.17) is 0 Å². The first kappa shape index (κ1) is 12.1. The highest BCUT2D eigenvalue weighted by Crippen LogP contribution is 2.10. The molecule has 3 heteroatoms. The predicted octanol–water partition coefficient (Wildman–Crippen LogP) is 1.32. The minimum Gasteiger partial charge on any atom is -0.352 e. The van der Waals surface area contributed by atoms with Gasteiger partial charge in [0.1, 0.15) is 0 Å². The van der Waals surface area contributed by atoms with E-state index in [9.17, 15) is 4.79 Å². The van der Waals surface area contributed by atoms with Crippen LogP contribution in [0.5, 0.6) is 0 Å². The first-order valence-electron chi connectivity index (χ1n) is 6.21. The Labute approximate surface area is 103 Å². The summed E-state index contributed by atoms with van der Waals surface area (Å²) in [5, 5.41) is 6.30. The Morgan fingerprint density at radius 1 is 1.41 bits per heavy atom. The summed E-state index contributed by atoms with van der Waals surface area (Å²) in [5.74, 6) is 0.127. The molecule has 0 aliphatic carbocycles. The van der Waals surface area contributed by atoms with E-state index in [-0.39, 0.29) is 5.91 Å². The van der Waals surface area contributed by atoms with Crippen LogP contribution in [0.25, 0.3) is 0 Å². The molecule has 0 radical (unpaired) electrons. The van der Waals surface area contributed by atoms with Gasteiger partial charge in [0, 0.05) is 12.6 Å². The normalized spacial score (nSPS) is 19.3. The number of hydrogen-bond acceptors (Lipinski definition) is 2. The zero-order valence-corrected chi connectivity index (χ0v) is 10.5. The largest absolute Gasteiger partial charge is 0.352 e. The number of hydrogen-bond donors (Lipinski definition) is 2. The molecular weight excluding hydrogens is 212 g/mol. The van der Waals surface area contributed by atoms with Gasteiger partial charge < -0.3 is 10.6 Å². The molecule has 1 aliphatic heterocycles. The second kappa shape index (κ2) is 5.32. The van der Waals surface area contributed by atoms with Gasteiger partial charge in [-0.1, -0.05) is 18.2 Å². The highest BCUT2D eigenvalue weighted by Gasteiger charge is 2.16. The van der Waals surface area contributed by atoms with Crippen LogP contribution in [0, 0.1) is 13.8 Å². The number of carbonyl (C=O) groups excluding carboxylic acids is 1. The molecular formula is C14H20N2O. The summed E-state index contributed by atoms with van der Waals surface area (Å²) in [4.78, 5) is 11.8. The molecule has 1 aromatic rings. The highest BCUT2D eigenvalue weighted by atomic mass is 16.1. The molecule has 0 spiro atoms. The fourth-order valence-electron chi connectivity index (χ4n) is 2.16. The first-order chi connectivity index (χ1) is 8.15. The maximum Gasteiger partial charge on any atom is 0.224 e. The summed E-state index contributed by atoms with van der Waals surface area (Å²) in [5.41, 5.74) is 3.61. The Hall–Kier alpha value is -1.35. The van der Waals surface area contributed by atoms with Crippen molar-refractivity contribution in [3.8, 4) is 0 Å². The van der Waals surface area contributed by atoms with Gasteiger partial charge in [-0.05, 0) is 43.5 Å². The summed E-state index contributed by atoms with van der Waals surface area (Å²) >= 11 is 0. The van der Waals surface area contributed by atoms with Gasteiger partial charge in [-0.15, -0.1) is 0 Å². The van der Waals surface area contributed by atoms with E-state index in [2.05, 4.69) is 36.6 Å². The van der Waals surface area contributed by atoms with Gasteiger partial charge in [0.25, 0.3) is 0 Å². The number of rotatable bonds is 3. The molecule has 0 bridgehead atoms. The predicted molar refractivity (Wildman–Crippen MR) is 69.0 cm³/mol. The molecule has 0 saturated carbocycles. The molecule has 1 heterocycles. The van der Waals surface area contributed by atoms with E-state index < -0.39 is 0 Å². The number of aryl methyl sites for hydroxylation is 2. The average molecular weight is 232 g/mol. The molecule has 1 fully saturated rings. The molecule has 1 aliphatic rings. The maximum absolute atomic E-state index is 11.8. The standard InChI is InChI=1S/C14H20N2O/c1-10-3-4-12(7-11(10)2)8-14(17)16-13-5-6-15-9-13/h3-4,7,13,15H,5-6,8-9H2,1-2H3,(H,16,17)/t13-/m1/s1. The number of benzene rings is 1. The van der Waals surface area contributed by atoms with Crippen molar-refractivity contribution in [3.63, 3.8) is 0 Å². The van der Waals surface area contributed by atoms with Crippen LogP contribution in [-0.2, 0) is 11.2 Å². The van der Waals surface area contributed by atoms with E-state index in [1.807, 2.05) is 6.07 Å². The van der Waals surface area contributed by atoms with Gasteiger partial charge in [-0.3, -0.25) is 4.79 Å². The summed E-state index contributed by atoms with van der Waals surface area (Å²) in [6.45, 7) is 6.08. The summed E-state index contributed by atoms with van der Waals surface area (Å²) in [6.07, 6.45) is 1.52. The van der Waals surface area contributed by atoms with Gasteiger partial charge in [0.05, 0.1) is 6.42 Å². The van der Waals surface area contributed by atoms with E-state index in [0.29, 0.717) is 12.5 Å². The van der Waals surface area contributed by atoms with Crippen molar-refractivity contribution in [3.05, 3.63) is 34.9 Å². The van der Waals surface area contributed by atoms with Gasteiger partial charge in [-0.2, -0.15) is 0 Å². The van der Waals surface area contributed by atoms with Crippen LogP contribution in [0.15, 0.2) is 18.2 Å². The Bertz CT molecular complexity index is 409. The van der Waals surface area contributed by atoms with Crippen LogP contribution in [0.4, 0.5) is 0 Å². The molecule has 17 heavy (non-hydrogen) atoms. The van der Waals surface area contributed by atoms with Crippen LogP contribution < -0.4 is 10.6 Å². The topological polar surface area (TPSA) is 41.1 Å². The smallest absolute Gasteiger partial charge is 0.224 e. The maximum atomic E-state index is 11.8. The van der Waals surface area contributed by atoms with Crippen LogP contribution >= 0.6 is 0 Å². The van der Waals surface area contributed by atoms with E-state index in [1.165, 1.54) is 11.1 Å². The summed E-state index contributed by atoms with van der Waals surface area (Å²) in [6, 6.07) is 6.53. The third kappa shape index (κ3) is 3.30. The Balaban J connectivity index is 1.90. The first-order valence-corrected chi connectivity index (χ1v) is 6.21. The second-order valence-corrected chi connectivity index (χ2v) is 4.85. The molecule has 92 valence electrons. The fraction of sp³-hybridized carbons (Fsp3) is 0.500. The lowest BCUT2D eigenvalue weighted by Gasteiger charge is -2.11. The average Bonchev–Trinajstić information content (AvgIpc) is 2.76. The Morgan fingerprint density at radius 2 is 2.24 bits per heavy atom. The minimum absolute atomic E-state index is 0.127. The number of carbonyl (C=O) groups is 1. The molecule has 1 amide bonds. The molecule has 3 nitrogen and oxygen atoms in total. The minimum atomic E-state index is 0.127. The number of amides is 1. The van der Waals surface area contributed by atoms with E-state index >= 15 is 0 Å². The molecule has 1 atom stereocenters. The molecule has 0 unspecified atom stereocenters. The third-order valence-electron chi connectivity index (χ3n) is 3.36. The van der Waals surface area contributed by atoms with E-state index in [0.717, 1.165) is 25.1 Å². The molecule has 1 saturated heterocycles. The van der Waals surface area contributed by atoms with Crippen molar-refractivity contribution in [2.45, 2.75) is 32.7 Å². The lowest BCUT2D eigenvalue weighted by atomic mass is 10.0. The lowest BCUT2D eigenvalue weighted by Crippen LogP contribution is -2.37. The van der Waals surface area contributed by atoms with Gasteiger partial charge in [-0.25, -0.2) is 0 Å². The highest BCUT2D eigenvalue weighted by molar-refractivity contribution is 5.79. The van der Waals surface area contributed by atoms with Crippen LogP contribution in [0.2, 0.25) is 0 Å². The van der Waals surface area contributed by atoms with Crippen molar-refractivity contribution in [2.75, 3.05) is 13.1 Å². The SMILES string of the molecule is Cc1ccc(CC(=O)N[C@@H]2CCNC2)cc1C. The number of nitrogens with one attached hydrogen (secondary N) is 2. The molecule has 2 N–H and O–H groups in total. The molecule has 1 aromatic carbocycles. The monoisotopic (exact) mass is 232 g/mol. The third-order valence-corrected chi connectivity index (χ3v) is 3.36. The zero-order valence-electron chi connectivity index (χ0n) is 10.5. The Morgan fingerprint density at radius 3 is 2.88 bits per heavy atom. The van der Waals surface area contributed by atoms with Crippen LogP contribution in [-0.4, -0.2) is 25.0 Å². The quantitative estimate of drug-likeness (QED) is 0.825. The van der Waals surface area contributed by atoms with Gasteiger partial charge in [0.15, 0.2) is 0 Å². The molecule has 2 rings (SSSR count). The molecule has 0 aromatic heterocycles. The lowest BCUT2D eigenvalue weighted by molar-refractivity contribution is -0.121. The Kier molecular flexibility index (Phi) is 3.79. The van der Waals surface area contributed by atoms with Crippen LogP contribution in [0.3, 0.4) is 0 Å². The van der Waals surface area contributed by atoms with Crippen molar-refractivity contribution in [1.82, 2.24) is 10.6 Å². The van der Waals surface area contributed by atoms with Gasteiger partial charge >= 0.3 is 0 Å². The fourth-order valence-corrected chi connectivity index (χ4v) is 2.16. The van der Waals surface area contributed by atoms with Crippen molar-refractivity contribution < 1.29 is 4.79 Å². The van der Waals surface area contributed by atoms with Crippen molar-refractivity contribution in [2.24, 2.45) is 0 Å². The van der Waals surface area contributed by atoms with Crippen LogP contribution in [0.1, 0.15) is 23.1 Å². The van der Waals surface area contributed by atoms with Crippen molar-refractivity contribution in [1.29, 1.82) is 0 Å². The second-order valence-electron chi connectivity index (χ2n) is 4.85. The summed E-state index contributed by atoms with van der Waals surface area (Å²) in [7, 11) is 0. The van der Waals surface area contributed by atoms with Gasteiger partial charge in [0.2, 0.25) is 5.91 Å². The van der Waals surface area contributed by atoms with Crippen molar-refractivity contribution >= 4 is 5.91 Å². The summed E-state index contributed by atoms with van der Waals surface area (Å²) < 4.78 is 0.